The van der Waals surface area contributed by atoms with Crippen LogP contribution >= 0.6 is 0 Å². The van der Waals surface area contributed by atoms with E-state index in [1.807, 2.05) is 0 Å². The number of carbonyl (C=O) groups is 2. The number of nitrogens with zero attached hydrogens (tertiary/aromatic N) is 2. The molecule has 0 radical (unpaired) electrons. The van der Waals surface area contributed by atoms with Crippen LogP contribution in [0.1, 0.15) is 29.8 Å². The standard InChI is InChI=1S/C11H14N4O3/c12-10(16)8-3-4-9(15-14-8)13-7-2-1-6(5-7)11(17)18/h3-4,6-7H,1-2,5H2,(H2,12,16)(H,13,15)(H,17,18)/t6-,7+/m1/s1. The van der Waals surface area contributed by atoms with Gasteiger partial charge in [0.2, 0.25) is 0 Å². The molecule has 1 aliphatic rings. The van der Waals surface area contributed by atoms with E-state index in [1.165, 1.54) is 6.07 Å². The highest BCUT2D eigenvalue weighted by atomic mass is 16.4. The summed E-state index contributed by atoms with van der Waals surface area (Å²) in [6.45, 7) is 0. The number of anilines is 1. The Morgan fingerprint density at radius 2 is 2.11 bits per heavy atom. The molecule has 1 heterocycles. The fourth-order valence-corrected chi connectivity index (χ4v) is 2.09. The summed E-state index contributed by atoms with van der Waals surface area (Å²) >= 11 is 0. The first kappa shape index (κ1) is 12.3. The van der Waals surface area contributed by atoms with Gasteiger partial charge in [-0.25, -0.2) is 0 Å². The van der Waals surface area contributed by atoms with E-state index in [0.29, 0.717) is 18.7 Å². The maximum atomic E-state index is 10.8. The second-order valence-corrected chi connectivity index (χ2v) is 4.36. The Kier molecular flexibility index (Phi) is 3.40. The Hall–Kier alpha value is -2.18. The van der Waals surface area contributed by atoms with Crippen LogP contribution in [0.5, 0.6) is 0 Å². The van der Waals surface area contributed by atoms with Crippen molar-refractivity contribution < 1.29 is 14.7 Å². The number of nitrogens with one attached hydrogen (secondary N) is 1. The topological polar surface area (TPSA) is 118 Å². The monoisotopic (exact) mass is 250 g/mol. The van der Waals surface area contributed by atoms with E-state index in [1.54, 1.807) is 6.07 Å². The third-order valence-corrected chi connectivity index (χ3v) is 3.05. The van der Waals surface area contributed by atoms with Gasteiger partial charge < -0.3 is 16.2 Å². The van der Waals surface area contributed by atoms with Crippen molar-refractivity contribution in [1.29, 1.82) is 0 Å². The third-order valence-electron chi connectivity index (χ3n) is 3.05. The fraction of sp³-hybridized carbons (Fsp3) is 0.455. The van der Waals surface area contributed by atoms with Gasteiger partial charge in [0.05, 0.1) is 5.92 Å². The number of hydrogen-bond donors (Lipinski definition) is 3. The number of aromatic nitrogens is 2. The first-order valence-corrected chi connectivity index (χ1v) is 5.69. The highest BCUT2D eigenvalue weighted by Gasteiger charge is 2.29. The van der Waals surface area contributed by atoms with E-state index < -0.39 is 11.9 Å². The summed E-state index contributed by atoms with van der Waals surface area (Å²) in [5.41, 5.74) is 5.16. The van der Waals surface area contributed by atoms with Gasteiger partial charge in [0, 0.05) is 6.04 Å². The molecule has 0 aromatic carbocycles. The van der Waals surface area contributed by atoms with Crippen molar-refractivity contribution in [3.63, 3.8) is 0 Å². The van der Waals surface area contributed by atoms with Gasteiger partial charge in [-0.3, -0.25) is 9.59 Å². The molecule has 1 aromatic heterocycles. The van der Waals surface area contributed by atoms with E-state index >= 15 is 0 Å². The highest BCUT2D eigenvalue weighted by molar-refractivity contribution is 5.90. The van der Waals surface area contributed by atoms with Gasteiger partial charge in [-0.2, -0.15) is 0 Å². The van der Waals surface area contributed by atoms with Gasteiger partial charge in [-0.15, -0.1) is 10.2 Å². The molecule has 1 aromatic rings. The Morgan fingerprint density at radius 3 is 2.61 bits per heavy atom. The Labute approximate surface area is 103 Å². The number of nitrogens with two attached hydrogens (primary N) is 1. The van der Waals surface area contributed by atoms with E-state index in [-0.39, 0.29) is 17.7 Å². The van der Waals surface area contributed by atoms with Gasteiger partial charge >= 0.3 is 5.97 Å². The molecule has 0 unspecified atom stereocenters. The molecule has 1 amide bonds. The van der Waals surface area contributed by atoms with Gasteiger partial charge in [-0.05, 0) is 31.4 Å². The third kappa shape index (κ3) is 2.73. The van der Waals surface area contributed by atoms with E-state index in [4.69, 9.17) is 10.8 Å². The van der Waals surface area contributed by atoms with Crippen molar-refractivity contribution in [3.05, 3.63) is 17.8 Å². The minimum absolute atomic E-state index is 0.0832. The Bertz CT molecular complexity index is 460. The fourth-order valence-electron chi connectivity index (χ4n) is 2.09. The van der Waals surface area contributed by atoms with Crippen LogP contribution in [-0.2, 0) is 4.79 Å². The lowest BCUT2D eigenvalue weighted by Gasteiger charge is -2.12. The van der Waals surface area contributed by atoms with Gasteiger partial charge in [0.15, 0.2) is 5.69 Å². The van der Waals surface area contributed by atoms with Crippen molar-refractivity contribution >= 4 is 17.7 Å². The summed E-state index contributed by atoms with van der Waals surface area (Å²) in [5.74, 6) is -1.15. The van der Waals surface area contributed by atoms with Crippen LogP contribution in [0.3, 0.4) is 0 Å². The number of amides is 1. The lowest BCUT2D eigenvalue weighted by molar-refractivity contribution is -0.141. The van der Waals surface area contributed by atoms with Crippen molar-refractivity contribution in [1.82, 2.24) is 10.2 Å². The Balaban J connectivity index is 1.94. The predicted octanol–water partition coefficient (Wildman–Crippen LogP) is 0.241. The molecule has 18 heavy (non-hydrogen) atoms. The number of carbonyl (C=O) groups excluding carboxylic acids is 1. The summed E-state index contributed by atoms with van der Waals surface area (Å²) in [6, 6.07) is 3.18. The van der Waals surface area contributed by atoms with Crippen LogP contribution < -0.4 is 11.1 Å². The second-order valence-electron chi connectivity index (χ2n) is 4.36. The molecule has 1 saturated carbocycles. The minimum Gasteiger partial charge on any atom is -0.481 e. The average molecular weight is 250 g/mol. The molecule has 1 aliphatic carbocycles. The number of aliphatic carboxylic acids is 1. The lowest BCUT2D eigenvalue weighted by Crippen LogP contribution is -2.19. The van der Waals surface area contributed by atoms with Crippen LogP contribution in [0.15, 0.2) is 12.1 Å². The maximum absolute atomic E-state index is 10.8. The van der Waals surface area contributed by atoms with Crippen LogP contribution in [0.4, 0.5) is 5.82 Å². The molecule has 2 rings (SSSR count). The van der Waals surface area contributed by atoms with Crippen molar-refractivity contribution in [3.8, 4) is 0 Å². The SMILES string of the molecule is NC(=O)c1ccc(N[C@H]2CC[C@@H](C(=O)O)C2)nn1. The molecular weight excluding hydrogens is 236 g/mol. The molecule has 0 spiro atoms. The zero-order chi connectivity index (χ0) is 13.1. The quantitative estimate of drug-likeness (QED) is 0.704. The minimum atomic E-state index is -0.755. The number of hydrogen-bond acceptors (Lipinski definition) is 5. The number of carboxylic acid groups (broad SMARTS) is 1. The predicted molar refractivity (Wildman–Crippen MR) is 62.9 cm³/mol. The summed E-state index contributed by atoms with van der Waals surface area (Å²) < 4.78 is 0. The molecule has 1 fully saturated rings. The lowest BCUT2D eigenvalue weighted by atomic mass is 10.1. The summed E-state index contributed by atoms with van der Waals surface area (Å²) in [5, 5.41) is 19.5. The molecule has 96 valence electrons. The zero-order valence-electron chi connectivity index (χ0n) is 9.67. The summed E-state index contributed by atoms with van der Waals surface area (Å²) in [7, 11) is 0. The molecule has 0 bridgehead atoms. The number of carboxylic acids is 1. The molecule has 7 heteroatoms. The maximum Gasteiger partial charge on any atom is 0.306 e. The van der Waals surface area contributed by atoms with E-state index in [0.717, 1.165) is 6.42 Å². The summed E-state index contributed by atoms with van der Waals surface area (Å²) in [6.07, 6.45) is 2.03. The van der Waals surface area contributed by atoms with Crippen LogP contribution in [0, 0.1) is 5.92 Å². The van der Waals surface area contributed by atoms with Gasteiger partial charge in [0.1, 0.15) is 5.82 Å². The second kappa shape index (κ2) is 4.99. The Morgan fingerprint density at radius 1 is 1.33 bits per heavy atom. The van der Waals surface area contributed by atoms with Crippen molar-refractivity contribution in [2.45, 2.75) is 25.3 Å². The van der Waals surface area contributed by atoms with E-state index in [2.05, 4.69) is 15.5 Å². The molecule has 7 nitrogen and oxygen atoms in total. The van der Waals surface area contributed by atoms with Gasteiger partial charge in [0.25, 0.3) is 5.91 Å². The van der Waals surface area contributed by atoms with E-state index in [9.17, 15) is 9.59 Å². The van der Waals surface area contributed by atoms with Crippen LogP contribution in [0.25, 0.3) is 0 Å². The largest absolute Gasteiger partial charge is 0.481 e. The summed E-state index contributed by atoms with van der Waals surface area (Å²) in [4.78, 5) is 21.6. The molecule has 2 atom stereocenters. The van der Waals surface area contributed by atoms with Gasteiger partial charge in [-0.1, -0.05) is 0 Å². The normalized spacial score (nSPS) is 22.7. The zero-order valence-corrected chi connectivity index (χ0v) is 9.67. The first-order valence-electron chi connectivity index (χ1n) is 5.69. The smallest absolute Gasteiger partial charge is 0.306 e. The molecule has 4 N–H and O–H groups in total. The number of primary amides is 1. The van der Waals surface area contributed by atoms with Crippen LogP contribution in [-0.4, -0.2) is 33.2 Å². The van der Waals surface area contributed by atoms with Crippen LogP contribution in [0.2, 0.25) is 0 Å². The molecular formula is C11H14N4O3. The molecule has 0 aliphatic heterocycles. The molecule has 0 saturated heterocycles. The number of rotatable bonds is 4. The van der Waals surface area contributed by atoms with Crippen molar-refractivity contribution in [2.24, 2.45) is 11.7 Å². The average Bonchev–Trinajstić information content (AvgIpc) is 2.78. The highest BCUT2D eigenvalue weighted by Crippen LogP contribution is 2.27. The van der Waals surface area contributed by atoms with Crippen molar-refractivity contribution in [2.75, 3.05) is 5.32 Å². The first-order chi connectivity index (χ1) is 8.56.